The van der Waals surface area contributed by atoms with Crippen LogP contribution in [-0.4, -0.2) is 47.4 Å². The molecule has 1 atom stereocenters. The van der Waals surface area contributed by atoms with Crippen molar-refractivity contribution in [2.24, 2.45) is 0 Å². The first-order valence-electron chi connectivity index (χ1n) is 9.49. The summed E-state index contributed by atoms with van der Waals surface area (Å²) < 4.78 is 11.7. The van der Waals surface area contributed by atoms with Crippen molar-refractivity contribution in [1.29, 1.82) is 0 Å². The average Bonchev–Trinajstić information content (AvgIpc) is 2.99. The van der Waals surface area contributed by atoms with Crippen LogP contribution in [0.1, 0.15) is 47.6 Å². The number of benzene rings is 1. The van der Waals surface area contributed by atoms with Gasteiger partial charge in [0.15, 0.2) is 6.10 Å². The molecular formula is C21H27N3O5. The van der Waals surface area contributed by atoms with E-state index in [0.717, 1.165) is 22.6 Å². The minimum Gasteiger partial charge on any atom is -0.469 e. The summed E-state index contributed by atoms with van der Waals surface area (Å²) in [5.74, 6) is -1.16. The number of aromatic nitrogens is 2. The summed E-state index contributed by atoms with van der Waals surface area (Å²) in [5, 5.41) is 7.16. The molecule has 0 saturated carbocycles. The Bertz CT molecular complexity index is 886. The molecule has 0 aliphatic carbocycles. The molecule has 1 heterocycles. The summed E-state index contributed by atoms with van der Waals surface area (Å²) in [6, 6.07) is 6.78. The maximum atomic E-state index is 12.2. The van der Waals surface area contributed by atoms with E-state index in [1.165, 1.54) is 14.0 Å². The number of aryl methyl sites for hydroxylation is 1. The van der Waals surface area contributed by atoms with Gasteiger partial charge < -0.3 is 14.8 Å². The molecule has 0 aliphatic heterocycles. The van der Waals surface area contributed by atoms with Gasteiger partial charge in [0.25, 0.3) is 5.91 Å². The molecule has 0 unspecified atom stereocenters. The van der Waals surface area contributed by atoms with Gasteiger partial charge in [0, 0.05) is 18.7 Å². The van der Waals surface area contributed by atoms with Crippen LogP contribution in [0.4, 0.5) is 0 Å². The zero-order valence-electron chi connectivity index (χ0n) is 17.4. The number of carbonyl (C=O) groups is 3. The molecule has 8 heteroatoms. The van der Waals surface area contributed by atoms with Crippen molar-refractivity contribution in [2.75, 3.05) is 13.7 Å². The number of ether oxygens (including phenoxy) is 2. The maximum absolute atomic E-state index is 12.2. The lowest BCUT2D eigenvalue weighted by Gasteiger charge is -2.13. The van der Waals surface area contributed by atoms with E-state index in [9.17, 15) is 14.4 Å². The van der Waals surface area contributed by atoms with Crippen molar-refractivity contribution in [1.82, 2.24) is 15.1 Å². The number of esters is 2. The van der Waals surface area contributed by atoms with Gasteiger partial charge in [-0.25, -0.2) is 9.48 Å². The van der Waals surface area contributed by atoms with Gasteiger partial charge in [0.05, 0.1) is 24.1 Å². The Kier molecular flexibility index (Phi) is 7.52. The molecule has 156 valence electrons. The highest BCUT2D eigenvalue weighted by Gasteiger charge is 2.19. The van der Waals surface area contributed by atoms with Crippen LogP contribution in [0.15, 0.2) is 24.3 Å². The van der Waals surface area contributed by atoms with Gasteiger partial charge in [-0.1, -0.05) is 0 Å². The monoisotopic (exact) mass is 401 g/mol. The fourth-order valence-electron chi connectivity index (χ4n) is 2.96. The van der Waals surface area contributed by atoms with Crippen molar-refractivity contribution in [3.8, 4) is 5.69 Å². The summed E-state index contributed by atoms with van der Waals surface area (Å²) in [7, 11) is 1.37. The quantitative estimate of drug-likeness (QED) is 0.681. The lowest BCUT2D eigenvalue weighted by Crippen LogP contribution is -2.35. The summed E-state index contributed by atoms with van der Waals surface area (Å²) in [6.07, 6.45) is -0.0271. The van der Waals surface area contributed by atoms with E-state index in [0.29, 0.717) is 24.9 Å². The maximum Gasteiger partial charge on any atom is 0.338 e. The number of carbonyl (C=O) groups excluding carboxylic acids is 3. The minimum atomic E-state index is -0.865. The Hall–Kier alpha value is -3.16. The fourth-order valence-corrected chi connectivity index (χ4v) is 2.96. The third-order valence-electron chi connectivity index (χ3n) is 4.60. The number of likely N-dealkylation sites (N-methyl/N-ethyl adjacent to an activating group) is 1. The highest BCUT2D eigenvalue weighted by atomic mass is 16.5. The predicted octanol–water partition coefficient (Wildman–Crippen LogP) is 2.28. The first kappa shape index (κ1) is 22.1. The predicted molar refractivity (Wildman–Crippen MR) is 107 cm³/mol. The fraction of sp³-hybridized carbons (Fsp3) is 0.429. The zero-order chi connectivity index (χ0) is 21.6. The number of hydrogen-bond donors (Lipinski definition) is 1. The van der Waals surface area contributed by atoms with Crippen LogP contribution < -0.4 is 5.32 Å². The second-order valence-electron chi connectivity index (χ2n) is 6.63. The molecule has 1 aromatic carbocycles. The summed E-state index contributed by atoms with van der Waals surface area (Å²) in [6.45, 7) is 7.63. The first-order valence-corrected chi connectivity index (χ1v) is 9.49. The molecule has 0 fully saturated rings. The standard InChI is InChI=1S/C21H27N3O5/c1-6-22-20(26)15(4)29-21(27)16-7-9-17(10-8-16)24-14(3)18(13(2)23-24)11-12-19(25)28-5/h7-10,15H,6,11-12H2,1-5H3,(H,22,26)/t15-/m0/s1. The van der Waals surface area contributed by atoms with Crippen LogP contribution in [0.2, 0.25) is 0 Å². The van der Waals surface area contributed by atoms with E-state index in [2.05, 4.69) is 10.4 Å². The zero-order valence-corrected chi connectivity index (χ0v) is 17.4. The Balaban J connectivity index is 2.13. The van der Waals surface area contributed by atoms with Gasteiger partial charge in [-0.3, -0.25) is 9.59 Å². The Morgan fingerprint density at radius 3 is 2.41 bits per heavy atom. The molecule has 0 aliphatic rings. The van der Waals surface area contributed by atoms with Crippen molar-refractivity contribution < 1.29 is 23.9 Å². The van der Waals surface area contributed by atoms with Gasteiger partial charge in [-0.05, 0) is 63.9 Å². The molecule has 29 heavy (non-hydrogen) atoms. The lowest BCUT2D eigenvalue weighted by molar-refractivity contribution is -0.140. The third-order valence-corrected chi connectivity index (χ3v) is 4.60. The van der Waals surface area contributed by atoms with Crippen LogP contribution in [0.25, 0.3) is 5.69 Å². The molecule has 2 aromatic rings. The topological polar surface area (TPSA) is 99.5 Å². The van der Waals surface area contributed by atoms with Crippen LogP contribution >= 0.6 is 0 Å². The number of hydrogen-bond acceptors (Lipinski definition) is 6. The van der Waals surface area contributed by atoms with Crippen LogP contribution in [-0.2, 0) is 25.5 Å². The molecule has 8 nitrogen and oxygen atoms in total. The first-order chi connectivity index (χ1) is 13.8. The Morgan fingerprint density at radius 1 is 1.17 bits per heavy atom. The average molecular weight is 401 g/mol. The molecule has 1 aromatic heterocycles. The lowest BCUT2D eigenvalue weighted by atomic mass is 10.1. The van der Waals surface area contributed by atoms with E-state index in [1.807, 2.05) is 13.8 Å². The second-order valence-corrected chi connectivity index (χ2v) is 6.63. The van der Waals surface area contributed by atoms with Crippen LogP contribution in [0.3, 0.4) is 0 Å². The number of nitrogens with one attached hydrogen (secondary N) is 1. The normalized spacial score (nSPS) is 11.6. The number of rotatable bonds is 8. The van der Waals surface area contributed by atoms with E-state index in [4.69, 9.17) is 9.47 Å². The van der Waals surface area contributed by atoms with E-state index in [1.54, 1.807) is 35.9 Å². The largest absolute Gasteiger partial charge is 0.469 e. The Morgan fingerprint density at radius 2 is 1.83 bits per heavy atom. The smallest absolute Gasteiger partial charge is 0.338 e. The Labute approximate surface area is 170 Å². The van der Waals surface area contributed by atoms with Gasteiger partial charge in [-0.2, -0.15) is 5.10 Å². The molecule has 1 amide bonds. The molecule has 0 bridgehead atoms. The number of amides is 1. The van der Waals surface area contributed by atoms with Gasteiger partial charge in [-0.15, -0.1) is 0 Å². The van der Waals surface area contributed by atoms with Crippen LogP contribution in [0.5, 0.6) is 0 Å². The van der Waals surface area contributed by atoms with Crippen LogP contribution in [0, 0.1) is 13.8 Å². The molecule has 0 spiro atoms. The van der Waals surface area contributed by atoms with Gasteiger partial charge >= 0.3 is 11.9 Å². The summed E-state index contributed by atoms with van der Waals surface area (Å²) in [4.78, 5) is 35.4. The van der Waals surface area contributed by atoms with Gasteiger partial charge in [0.2, 0.25) is 0 Å². The highest BCUT2D eigenvalue weighted by Crippen LogP contribution is 2.20. The van der Waals surface area contributed by atoms with Gasteiger partial charge in [0.1, 0.15) is 0 Å². The SMILES string of the molecule is CCNC(=O)[C@H](C)OC(=O)c1ccc(-n2nc(C)c(CCC(=O)OC)c2C)cc1. The highest BCUT2D eigenvalue weighted by molar-refractivity contribution is 5.92. The molecule has 0 radical (unpaired) electrons. The van der Waals surface area contributed by atoms with Crippen molar-refractivity contribution in [3.63, 3.8) is 0 Å². The summed E-state index contributed by atoms with van der Waals surface area (Å²) in [5.41, 5.74) is 3.88. The van der Waals surface area contributed by atoms with E-state index < -0.39 is 12.1 Å². The van der Waals surface area contributed by atoms with Crippen molar-refractivity contribution in [2.45, 2.75) is 46.6 Å². The molecular weight excluding hydrogens is 374 g/mol. The number of methoxy groups -OCH3 is 1. The third kappa shape index (κ3) is 5.43. The minimum absolute atomic E-state index is 0.263. The summed E-state index contributed by atoms with van der Waals surface area (Å²) >= 11 is 0. The molecule has 2 rings (SSSR count). The van der Waals surface area contributed by atoms with E-state index >= 15 is 0 Å². The van der Waals surface area contributed by atoms with Crippen molar-refractivity contribution in [3.05, 3.63) is 46.8 Å². The number of nitrogens with zero attached hydrogens (tertiary/aromatic N) is 2. The molecule has 1 N–H and O–H groups in total. The van der Waals surface area contributed by atoms with E-state index in [-0.39, 0.29) is 11.9 Å². The van der Waals surface area contributed by atoms with Crippen molar-refractivity contribution >= 4 is 17.8 Å². The molecule has 0 saturated heterocycles. The second kappa shape index (κ2) is 9.86.